The molecule has 0 fully saturated rings. The van der Waals surface area contributed by atoms with Crippen LogP contribution >= 0.6 is 0 Å². The molecule has 0 saturated carbocycles. The van der Waals surface area contributed by atoms with E-state index in [9.17, 15) is 4.79 Å². The maximum atomic E-state index is 10.5. The van der Waals surface area contributed by atoms with Crippen molar-refractivity contribution in [3.05, 3.63) is 24.8 Å². The molecule has 0 aliphatic carbocycles. The van der Waals surface area contributed by atoms with Crippen molar-refractivity contribution in [1.82, 2.24) is 0 Å². The van der Waals surface area contributed by atoms with Crippen LogP contribution in [0.1, 0.15) is 6.92 Å². The molecule has 0 N–H and O–H groups in total. The summed E-state index contributed by atoms with van der Waals surface area (Å²) in [5, 5.41) is 0. The van der Waals surface area contributed by atoms with Crippen molar-refractivity contribution >= 4 is 5.78 Å². The first-order valence-electron chi connectivity index (χ1n) is 6.03. The molecule has 0 aromatic heterocycles. The summed E-state index contributed by atoms with van der Waals surface area (Å²) in [6.45, 7) is 11.8. The van der Waals surface area contributed by atoms with Crippen molar-refractivity contribution in [3.63, 3.8) is 0 Å². The van der Waals surface area contributed by atoms with Crippen molar-refractivity contribution in [2.75, 3.05) is 53.9 Å². The van der Waals surface area contributed by atoms with E-state index in [1.165, 1.54) is 6.92 Å². The first kappa shape index (κ1) is 20.3. The monoisotopic (exact) mass is 274 g/mol. The number of hydrogen-bond acceptors (Lipinski definition) is 5. The average Bonchev–Trinajstić information content (AvgIpc) is 2.39. The van der Waals surface area contributed by atoms with E-state index in [2.05, 4.69) is 13.2 Å². The normalized spacial score (nSPS) is 9.42. The van der Waals surface area contributed by atoms with Crippen molar-refractivity contribution in [2.24, 2.45) is 0 Å². The molecule has 0 aliphatic heterocycles. The van der Waals surface area contributed by atoms with Crippen molar-refractivity contribution in [2.45, 2.75) is 6.92 Å². The van der Waals surface area contributed by atoms with E-state index in [1.807, 2.05) is 0 Å². The lowest BCUT2D eigenvalue weighted by Gasteiger charge is -2.00. The lowest BCUT2D eigenvalue weighted by Crippen LogP contribution is -2.06. The second kappa shape index (κ2) is 17.0. The van der Waals surface area contributed by atoms with Crippen LogP contribution in [0, 0.1) is 0 Å². The topological polar surface area (TPSA) is 54.0 Å². The molecule has 5 nitrogen and oxygen atoms in total. The standard InChI is InChI=1S/C8H12O2.C6H14O3/c1-4-5-10-6-7(2)8(3)9;1-7-3-5-9-6-4-8-2/h4H,1-2,5-6H2,3H3;3-6H2,1-2H3. The highest BCUT2D eigenvalue weighted by molar-refractivity contribution is 5.92. The molecule has 0 atom stereocenters. The summed E-state index contributed by atoms with van der Waals surface area (Å²) in [6, 6.07) is 0. The highest BCUT2D eigenvalue weighted by Crippen LogP contribution is 1.92. The first-order chi connectivity index (χ1) is 9.09. The number of ketones is 1. The number of methoxy groups -OCH3 is 2. The van der Waals surface area contributed by atoms with E-state index in [0.717, 1.165) is 0 Å². The quantitative estimate of drug-likeness (QED) is 0.326. The maximum absolute atomic E-state index is 10.5. The molecule has 0 aromatic rings. The van der Waals surface area contributed by atoms with Crippen molar-refractivity contribution in [3.8, 4) is 0 Å². The van der Waals surface area contributed by atoms with E-state index in [-0.39, 0.29) is 5.78 Å². The Morgan fingerprint density at radius 2 is 1.58 bits per heavy atom. The Kier molecular flexibility index (Phi) is 18.2. The zero-order valence-corrected chi connectivity index (χ0v) is 12.3. The van der Waals surface area contributed by atoms with E-state index in [4.69, 9.17) is 18.9 Å². The van der Waals surface area contributed by atoms with Gasteiger partial charge in [0.1, 0.15) is 0 Å². The van der Waals surface area contributed by atoms with E-state index in [0.29, 0.717) is 45.2 Å². The van der Waals surface area contributed by atoms with E-state index in [1.54, 1.807) is 20.3 Å². The van der Waals surface area contributed by atoms with Crippen LogP contribution in [-0.4, -0.2) is 59.6 Å². The summed E-state index contributed by atoms with van der Waals surface area (Å²) in [4.78, 5) is 10.5. The molecule has 0 bridgehead atoms. The van der Waals surface area contributed by atoms with Gasteiger partial charge in [0.15, 0.2) is 5.78 Å². The summed E-state index contributed by atoms with van der Waals surface area (Å²) < 4.78 is 19.5. The Balaban J connectivity index is 0. The highest BCUT2D eigenvalue weighted by atomic mass is 16.5. The van der Waals surface area contributed by atoms with Gasteiger partial charge in [-0.25, -0.2) is 0 Å². The largest absolute Gasteiger partial charge is 0.382 e. The lowest BCUT2D eigenvalue weighted by molar-refractivity contribution is -0.114. The summed E-state index contributed by atoms with van der Waals surface area (Å²) >= 11 is 0. The van der Waals surface area contributed by atoms with Crippen LogP contribution in [0.2, 0.25) is 0 Å². The zero-order chi connectivity index (χ0) is 14.9. The third-order valence-corrected chi connectivity index (χ3v) is 1.87. The Labute approximate surface area is 116 Å². The minimum atomic E-state index is -0.0240. The SMILES string of the molecule is C=CCOCC(=C)C(C)=O.COCCOCCOC. The number of carbonyl (C=O) groups excluding carboxylic acids is 1. The molecule has 0 saturated heterocycles. The summed E-state index contributed by atoms with van der Waals surface area (Å²) in [5.41, 5.74) is 0.502. The zero-order valence-electron chi connectivity index (χ0n) is 12.3. The van der Waals surface area contributed by atoms with Crippen LogP contribution in [0.3, 0.4) is 0 Å². The molecule has 19 heavy (non-hydrogen) atoms. The molecule has 0 spiro atoms. The van der Waals surface area contributed by atoms with Gasteiger partial charge in [-0.05, 0) is 6.92 Å². The minimum absolute atomic E-state index is 0.0240. The van der Waals surface area contributed by atoms with Gasteiger partial charge in [-0.15, -0.1) is 6.58 Å². The molecule has 0 radical (unpaired) electrons. The van der Waals surface area contributed by atoms with Crippen molar-refractivity contribution < 1.29 is 23.7 Å². The molecule has 0 aliphatic rings. The summed E-state index contributed by atoms with van der Waals surface area (Å²) in [5.74, 6) is -0.0240. The molecule has 0 aromatic carbocycles. The number of hydrogen-bond donors (Lipinski definition) is 0. The molecule has 0 unspecified atom stereocenters. The Hall–Kier alpha value is -1.01. The predicted molar refractivity (Wildman–Crippen MR) is 75.4 cm³/mol. The molecular weight excluding hydrogens is 248 g/mol. The molecular formula is C14H26O5. The van der Waals surface area contributed by atoms with Crippen molar-refractivity contribution in [1.29, 1.82) is 0 Å². The maximum Gasteiger partial charge on any atom is 0.157 e. The molecule has 0 heterocycles. The average molecular weight is 274 g/mol. The Bertz CT molecular complexity index is 232. The van der Waals surface area contributed by atoms with Crippen LogP contribution in [0.15, 0.2) is 24.8 Å². The number of rotatable bonds is 11. The van der Waals surface area contributed by atoms with Gasteiger partial charge in [0.2, 0.25) is 0 Å². The summed E-state index contributed by atoms with van der Waals surface area (Å²) in [7, 11) is 3.30. The molecule has 0 amide bonds. The van der Waals surface area contributed by atoms with Gasteiger partial charge in [-0.1, -0.05) is 12.7 Å². The number of carbonyl (C=O) groups is 1. The van der Waals surface area contributed by atoms with Gasteiger partial charge < -0.3 is 18.9 Å². The third-order valence-electron chi connectivity index (χ3n) is 1.87. The first-order valence-corrected chi connectivity index (χ1v) is 6.03. The predicted octanol–water partition coefficient (Wildman–Crippen LogP) is 1.63. The number of Topliss-reactive ketones (excluding diaryl/α,β-unsaturated/α-hetero) is 1. The van der Waals surface area contributed by atoms with Crippen LogP contribution in [0.4, 0.5) is 0 Å². The van der Waals surface area contributed by atoms with Gasteiger partial charge in [-0.3, -0.25) is 4.79 Å². The highest BCUT2D eigenvalue weighted by Gasteiger charge is 1.97. The lowest BCUT2D eigenvalue weighted by atomic mass is 10.2. The fourth-order valence-electron chi connectivity index (χ4n) is 0.754. The van der Waals surface area contributed by atoms with Gasteiger partial charge >= 0.3 is 0 Å². The molecule has 5 heteroatoms. The van der Waals surface area contributed by atoms with E-state index < -0.39 is 0 Å². The van der Waals surface area contributed by atoms with Gasteiger partial charge in [0.25, 0.3) is 0 Å². The van der Waals surface area contributed by atoms with E-state index >= 15 is 0 Å². The van der Waals surface area contributed by atoms with Gasteiger partial charge in [0.05, 0.1) is 39.6 Å². The van der Waals surface area contributed by atoms with Crippen LogP contribution in [0.5, 0.6) is 0 Å². The van der Waals surface area contributed by atoms with Gasteiger partial charge in [0, 0.05) is 19.8 Å². The third kappa shape index (κ3) is 19.5. The van der Waals surface area contributed by atoms with Crippen LogP contribution < -0.4 is 0 Å². The fourth-order valence-corrected chi connectivity index (χ4v) is 0.754. The van der Waals surface area contributed by atoms with Crippen LogP contribution in [0.25, 0.3) is 0 Å². The minimum Gasteiger partial charge on any atom is -0.382 e. The molecule has 0 rings (SSSR count). The second-order valence-corrected chi connectivity index (χ2v) is 3.56. The Morgan fingerprint density at radius 1 is 1.05 bits per heavy atom. The number of ether oxygens (including phenoxy) is 4. The fraction of sp³-hybridized carbons (Fsp3) is 0.643. The summed E-state index contributed by atoms with van der Waals surface area (Å²) in [6.07, 6.45) is 1.63. The molecule has 112 valence electrons. The van der Waals surface area contributed by atoms with Gasteiger partial charge in [-0.2, -0.15) is 0 Å². The van der Waals surface area contributed by atoms with Crippen LogP contribution in [-0.2, 0) is 23.7 Å². The Morgan fingerprint density at radius 3 is 1.95 bits per heavy atom. The smallest absolute Gasteiger partial charge is 0.157 e. The second-order valence-electron chi connectivity index (χ2n) is 3.56.